The third-order valence-electron chi connectivity index (χ3n) is 7.34. The average molecular weight is 584 g/mol. The Morgan fingerprint density at radius 2 is 1.85 bits per heavy atom. The van der Waals surface area contributed by atoms with E-state index in [2.05, 4.69) is 21.1 Å². The van der Waals surface area contributed by atoms with Gasteiger partial charge in [-0.1, -0.05) is 46.6 Å². The highest BCUT2D eigenvalue weighted by atomic mass is 35.5. The van der Waals surface area contributed by atoms with Crippen LogP contribution >= 0.6 is 23.2 Å². The van der Waals surface area contributed by atoms with E-state index in [0.717, 1.165) is 61.3 Å². The van der Waals surface area contributed by atoms with Crippen LogP contribution in [0.25, 0.3) is 17.0 Å². The molecule has 8 nitrogen and oxygen atoms in total. The number of nitrogens with zero attached hydrogens (tertiary/aromatic N) is 3. The molecule has 5 rings (SSSR count). The number of halogens is 2. The molecular weight excluding hydrogens is 551 g/mol. The van der Waals surface area contributed by atoms with Crippen molar-refractivity contribution in [3.05, 3.63) is 75.5 Å². The lowest BCUT2D eigenvalue weighted by Gasteiger charge is -2.33. The molecule has 210 valence electrons. The van der Waals surface area contributed by atoms with Crippen LogP contribution in [0.5, 0.6) is 0 Å². The van der Waals surface area contributed by atoms with Gasteiger partial charge in [0.1, 0.15) is 17.2 Å². The van der Waals surface area contributed by atoms with Gasteiger partial charge in [0.15, 0.2) is 0 Å². The fraction of sp³-hybridized carbons (Fsp3) is 0.367. The first kappa shape index (κ1) is 28.2. The molecule has 2 aliphatic rings. The molecule has 1 saturated heterocycles. The maximum atomic E-state index is 11.9. The van der Waals surface area contributed by atoms with E-state index < -0.39 is 5.97 Å². The van der Waals surface area contributed by atoms with Crippen molar-refractivity contribution < 1.29 is 18.8 Å². The van der Waals surface area contributed by atoms with Crippen molar-refractivity contribution in [3.8, 4) is 11.3 Å². The van der Waals surface area contributed by atoms with Gasteiger partial charge in [-0.25, -0.2) is 4.79 Å². The number of aliphatic imine (C=N–C) groups is 1. The summed E-state index contributed by atoms with van der Waals surface area (Å²) in [5.41, 5.74) is 11.1. The molecular formula is C30H32Cl2N4O4. The molecule has 1 aliphatic heterocycles. The fourth-order valence-electron chi connectivity index (χ4n) is 4.96. The van der Waals surface area contributed by atoms with E-state index in [1.807, 2.05) is 36.4 Å². The number of piperidine rings is 1. The minimum atomic E-state index is -0.527. The topological polar surface area (TPSA) is 103 Å². The zero-order valence-corrected chi connectivity index (χ0v) is 24.0. The third-order valence-corrected chi connectivity index (χ3v) is 7.97. The Morgan fingerprint density at radius 3 is 2.50 bits per heavy atom. The van der Waals surface area contributed by atoms with Gasteiger partial charge in [-0.15, -0.1) is 0 Å². The van der Waals surface area contributed by atoms with Crippen molar-refractivity contribution in [2.45, 2.75) is 44.3 Å². The Kier molecular flexibility index (Phi) is 8.78. The van der Waals surface area contributed by atoms with Crippen LogP contribution in [0.1, 0.15) is 48.5 Å². The molecule has 1 aromatic heterocycles. The first-order chi connectivity index (χ1) is 19.4. The second kappa shape index (κ2) is 12.5. The number of benzene rings is 2. The third kappa shape index (κ3) is 6.19. The Labute approximate surface area is 243 Å². The number of methoxy groups -OCH3 is 1. The SMILES string of the molecule is CN=C(C=C(N)c1cccc(N2CCC(OCc3c(-c4c(Cl)cccc4Cl)noc3C3CC3)CC2)c1)C(=O)OC. The van der Waals surface area contributed by atoms with E-state index in [-0.39, 0.29) is 11.8 Å². The number of esters is 1. The van der Waals surface area contributed by atoms with E-state index in [4.69, 9.17) is 42.9 Å². The summed E-state index contributed by atoms with van der Waals surface area (Å²) in [6.45, 7) is 2.07. The average Bonchev–Trinajstić information content (AvgIpc) is 3.74. The van der Waals surface area contributed by atoms with Crippen molar-refractivity contribution >= 4 is 46.3 Å². The van der Waals surface area contributed by atoms with Gasteiger partial charge in [0.2, 0.25) is 0 Å². The zero-order chi connectivity index (χ0) is 28.2. The molecule has 0 unspecified atom stereocenters. The molecule has 2 heterocycles. The molecule has 2 N–H and O–H groups in total. The highest BCUT2D eigenvalue weighted by Gasteiger charge is 2.34. The lowest BCUT2D eigenvalue weighted by molar-refractivity contribution is -0.132. The Hall–Kier alpha value is -3.33. The van der Waals surface area contributed by atoms with Gasteiger partial charge >= 0.3 is 5.97 Å². The second-order valence-electron chi connectivity index (χ2n) is 9.99. The minimum Gasteiger partial charge on any atom is -0.464 e. The fourth-order valence-corrected chi connectivity index (χ4v) is 5.54. The predicted octanol–water partition coefficient (Wildman–Crippen LogP) is 6.25. The lowest BCUT2D eigenvalue weighted by atomic mass is 10.0. The predicted molar refractivity (Wildman–Crippen MR) is 158 cm³/mol. The molecule has 0 bridgehead atoms. The van der Waals surface area contributed by atoms with E-state index in [1.54, 1.807) is 0 Å². The first-order valence-electron chi connectivity index (χ1n) is 13.3. The summed E-state index contributed by atoms with van der Waals surface area (Å²) < 4.78 is 17.0. The number of ether oxygens (including phenoxy) is 2. The maximum Gasteiger partial charge on any atom is 0.356 e. The van der Waals surface area contributed by atoms with Crippen LogP contribution in [-0.4, -0.2) is 50.2 Å². The molecule has 0 radical (unpaired) electrons. The number of hydrogen-bond acceptors (Lipinski definition) is 8. The summed E-state index contributed by atoms with van der Waals surface area (Å²) in [6.07, 6.45) is 5.56. The lowest BCUT2D eigenvalue weighted by Crippen LogP contribution is -2.37. The number of aromatic nitrogens is 1. The largest absolute Gasteiger partial charge is 0.464 e. The van der Waals surface area contributed by atoms with Crippen molar-refractivity contribution in [1.29, 1.82) is 0 Å². The molecule has 3 aromatic rings. The Balaban J connectivity index is 1.24. The van der Waals surface area contributed by atoms with Crippen molar-refractivity contribution in [2.24, 2.45) is 10.7 Å². The van der Waals surface area contributed by atoms with Gasteiger partial charge in [0.25, 0.3) is 0 Å². The Morgan fingerprint density at radius 1 is 1.15 bits per heavy atom. The van der Waals surface area contributed by atoms with Crippen LogP contribution in [-0.2, 0) is 20.9 Å². The first-order valence-corrected chi connectivity index (χ1v) is 14.1. The van der Waals surface area contributed by atoms with E-state index in [1.165, 1.54) is 20.2 Å². The number of carbonyl (C=O) groups excluding carboxylic acids is 1. The number of hydrogen-bond donors (Lipinski definition) is 1. The van der Waals surface area contributed by atoms with E-state index in [9.17, 15) is 4.79 Å². The van der Waals surface area contributed by atoms with Crippen molar-refractivity contribution in [3.63, 3.8) is 0 Å². The molecule has 0 atom stereocenters. The maximum absolute atomic E-state index is 11.9. The molecule has 1 aliphatic carbocycles. The molecule has 40 heavy (non-hydrogen) atoms. The van der Waals surface area contributed by atoms with Crippen LogP contribution in [0.4, 0.5) is 5.69 Å². The van der Waals surface area contributed by atoms with Gasteiger partial charge in [-0.3, -0.25) is 4.99 Å². The summed E-state index contributed by atoms with van der Waals surface area (Å²) in [6, 6.07) is 13.4. The molecule has 10 heteroatoms. The van der Waals surface area contributed by atoms with E-state index >= 15 is 0 Å². The van der Waals surface area contributed by atoms with Gasteiger partial charge in [0, 0.05) is 48.6 Å². The molecule has 2 fully saturated rings. The van der Waals surface area contributed by atoms with Crippen molar-refractivity contribution in [1.82, 2.24) is 5.16 Å². The number of carbonyl (C=O) groups is 1. The monoisotopic (exact) mass is 582 g/mol. The normalized spacial score (nSPS) is 16.9. The summed E-state index contributed by atoms with van der Waals surface area (Å²) in [7, 11) is 2.85. The van der Waals surface area contributed by atoms with Gasteiger partial charge < -0.3 is 24.6 Å². The van der Waals surface area contributed by atoms with Gasteiger partial charge in [-0.2, -0.15) is 0 Å². The summed E-state index contributed by atoms with van der Waals surface area (Å²) in [5, 5.41) is 5.45. The minimum absolute atomic E-state index is 0.101. The van der Waals surface area contributed by atoms with Crippen LogP contribution < -0.4 is 10.6 Å². The number of rotatable bonds is 9. The standard InChI is InChI=1S/C30H32Cl2N4O4/c1-34-26(30(37)38-2)16-25(33)19-5-3-6-20(15-19)36-13-11-21(12-14-36)39-17-22-28(35-40-29(22)18-9-10-18)27-23(31)7-4-8-24(27)32/h3-8,15-16,18,21H,9-14,17,33H2,1-2H3. The number of anilines is 1. The van der Waals surface area contributed by atoms with E-state index in [0.29, 0.717) is 39.5 Å². The van der Waals surface area contributed by atoms with Crippen molar-refractivity contribution in [2.75, 3.05) is 32.1 Å². The molecule has 0 spiro atoms. The number of nitrogens with two attached hydrogens (primary N) is 1. The van der Waals surface area contributed by atoms with Crippen LogP contribution in [0.2, 0.25) is 10.0 Å². The van der Waals surface area contributed by atoms with Crippen LogP contribution in [0.3, 0.4) is 0 Å². The van der Waals surface area contributed by atoms with Crippen LogP contribution in [0.15, 0.2) is 58.1 Å². The molecule has 1 saturated carbocycles. The quantitative estimate of drug-likeness (QED) is 0.235. The van der Waals surface area contributed by atoms with Crippen LogP contribution in [0, 0.1) is 0 Å². The van der Waals surface area contributed by atoms with Gasteiger partial charge in [0.05, 0.1) is 29.9 Å². The molecule has 0 amide bonds. The Bertz CT molecular complexity index is 1420. The second-order valence-corrected chi connectivity index (χ2v) is 10.8. The zero-order valence-electron chi connectivity index (χ0n) is 22.5. The highest BCUT2D eigenvalue weighted by Crippen LogP contribution is 2.46. The van der Waals surface area contributed by atoms with Gasteiger partial charge in [-0.05, 0) is 61.6 Å². The highest BCUT2D eigenvalue weighted by molar-refractivity contribution is 6.42. The smallest absolute Gasteiger partial charge is 0.356 e. The summed E-state index contributed by atoms with van der Waals surface area (Å²) >= 11 is 13.0. The summed E-state index contributed by atoms with van der Waals surface area (Å²) in [5.74, 6) is 0.736. The summed E-state index contributed by atoms with van der Waals surface area (Å²) in [4.78, 5) is 18.1. The molecule has 2 aromatic carbocycles.